The molecule has 0 bridgehead atoms. The first-order valence-corrected chi connectivity index (χ1v) is 14.9. The second-order valence-corrected chi connectivity index (χ2v) is 11.5. The number of aromatic nitrogens is 2. The molecule has 1 unspecified atom stereocenters. The van der Waals surface area contributed by atoms with Crippen LogP contribution >= 0.6 is 11.6 Å². The molecule has 7 rings (SSSR count). The van der Waals surface area contributed by atoms with Crippen LogP contribution in [0.25, 0.3) is 22.0 Å². The van der Waals surface area contributed by atoms with E-state index in [-0.39, 0.29) is 31.2 Å². The third-order valence-electron chi connectivity index (χ3n) is 8.78. The summed E-state index contributed by atoms with van der Waals surface area (Å²) in [5.41, 5.74) is 4.70. The van der Waals surface area contributed by atoms with Gasteiger partial charge in [-0.3, -0.25) is 9.69 Å². The lowest BCUT2D eigenvalue weighted by molar-refractivity contribution is 0.0931. The minimum absolute atomic E-state index is 0.0675. The molecular formula is C32H30ClN5O5. The van der Waals surface area contributed by atoms with Crippen molar-refractivity contribution >= 4 is 34.7 Å². The molecule has 3 aromatic carbocycles. The number of piperazine rings is 1. The summed E-state index contributed by atoms with van der Waals surface area (Å²) < 4.78 is 7.51. The molecule has 3 heterocycles. The molecule has 4 aromatic rings. The zero-order valence-electron chi connectivity index (χ0n) is 23.4. The summed E-state index contributed by atoms with van der Waals surface area (Å²) in [6, 6.07) is 21.0. The lowest BCUT2D eigenvalue weighted by Gasteiger charge is -2.37. The molecule has 0 radical (unpaired) electrons. The van der Waals surface area contributed by atoms with Crippen LogP contribution in [0, 0.1) is 0 Å². The Hall–Kier alpha value is -4.57. The van der Waals surface area contributed by atoms with E-state index < -0.39 is 18.2 Å². The Morgan fingerprint density at radius 1 is 0.907 bits per heavy atom. The van der Waals surface area contributed by atoms with Crippen molar-refractivity contribution in [1.29, 1.82) is 0 Å². The van der Waals surface area contributed by atoms with Crippen molar-refractivity contribution < 1.29 is 19.4 Å². The molecule has 2 aliphatic heterocycles. The predicted octanol–water partition coefficient (Wildman–Crippen LogP) is 5.07. The second kappa shape index (κ2) is 10.9. The molecule has 220 valence electrons. The maximum absolute atomic E-state index is 14.0. The molecule has 1 aromatic heterocycles. The molecule has 10 nitrogen and oxygen atoms in total. The number of halogens is 1. The van der Waals surface area contributed by atoms with Gasteiger partial charge < -0.3 is 19.8 Å². The molecule has 1 N–H and O–H groups in total. The molecule has 3 aliphatic rings. The number of carbonyl (C=O) groups excluding carboxylic acids is 1. The SMILES string of the molecule is O=C(O)N1CCN(n2c(C3CCCN3C(=O)OCC3c4ccccc4-c4ccccc43)nc3cccc(Cl)c3c2=O)CC1. The van der Waals surface area contributed by atoms with Gasteiger partial charge in [0.2, 0.25) is 0 Å². The maximum atomic E-state index is 14.0. The van der Waals surface area contributed by atoms with Gasteiger partial charge in [-0.25, -0.2) is 19.2 Å². The first-order valence-electron chi connectivity index (χ1n) is 14.5. The highest BCUT2D eigenvalue weighted by Gasteiger charge is 2.38. The van der Waals surface area contributed by atoms with Crippen molar-refractivity contribution in [2.75, 3.05) is 44.3 Å². The maximum Gasteiger partial charge on any atom is 0.410 e. The van der Waals surface area contributed by atoms with E-state index >= 15 is 0 Å². The molecule has 2 fully saturated rings. The summed E-state index contributed by atoms with van der Waals surface area (Å²) in [5.74, 6) is 0.358. The van der Waals surface area contributed by atoms with E-state index in [1.54, 1.807) is 28.1 Å². The van der Waals surface area contributed by atoms with Crippen molar-refractivity contribution in [2.24, 2.45) is 0 Å². The van der Waals surface area contributed by atoms with E-state index in [0.717, 1.165) is 28.7 Å². The van der Waals surface area contributed by atoms with Crippen LogP contribution < -0.4 is 10.6 Å². The monoisotopic (exact) mass is 599 g/mol. The average Bonchev–Trinajstić information content (AvgIpc) is 3.63. The van der Waals surface area contributed by atoms with Crippen molar-refractivity contribution in [3.63, 3.8) is 0 Å². The van der Waals surface area contributed by atoms with Gasteiger partial charge in [0, 0.05) is 25.6 Å². The topological polar surface area (TPSA) is 108 Å². The van der Waals surface area contributed by atoms with Gasteiger partial charge in [-0.05, 0) is 47.2 Å². The number of ether oxygens (including phenoxy) is 1. The summed E-state index contributed by atoms with van der Waals surface area (Å²) in [4.78, 5) is 47.1. The Morgan fingerprint density at radius 2 is 1.58 bits per heavy atom. The number of carboxylic acid groups (broad SMARTS) is 1. The fourth-order valence-electron chi connectivity index (χ4n) is 6.71. The van der Waals surface area contributed by atoms with Crippen LogP contribution in [-0.2, 0) is 4.74 Å². The number of amides is 2. The van der Waals surface area contributed by atoms with Gasteiger partial charge in [0.25, 0.3) is 5.56 Å². The lowest BCUT2D eigenvalue weighted by atomic mass is 9.98. The molecule has 2 saturated heterocycles. The van der Waals surface area contributed by atoms with E-state index in [4.69, 9.17) is 21.3 Å². The zero-order chi connectivity index (χ0) is 29.7. The smallest absolute Gasteiger partial charge is 0.410 e. The van der Waals surface area contributed by atoms with Crippen LogP contribution in [0.1, 0.15) is 41.8 Å². The number of likely N-dealkylation sites (tertiary alicyclic amines) is 1. The summed E-state index contributed by atoms with van der Waals surface area (Å²) in [6.07, 6.45) is -0.112. The quantitative estimate of drug-likeness (QED) is 0.349. The van der Waals surface area contributed by atoms with E-state index in [0.29, 0.717) is 47.8 Å². The normalized spacial score (nSPS) is 18.2. The van der Waals surface area contributed by atoms with Gasteiger partial charge in [0.15, 0.2) is 5.82 Å². The molecule has 11 heteroatoms. The highest BCUT2D eigenvalue weighted by molar-refractivity contribution is 6.35. The third-order valence-corrected chi connectivity index (χ3v) is 9.10. The van der Waals surface area contributed by atoms with Crippen LogP contribution in [0.3, 0.4) is 0 Å². The second-order valence-electron chi connectivity index (χ2n) is 11.1. The number of fused-ring (bicyclic) bond motifs is 4. The summed E-state index contributed by atoms with van der Waals surface area (Å²) in [5, 5.41) is 11.8. The number of rotatable bonds is 4. The van der Waals surface area contributed by atoms with Crippen LogP contribution in [0.5, 0.6) is 0 Å². The number of hydrogen-bond donors (Lipinski definition) is 1. The Bertz CT molecular complexity index is 1760. The lowest BCUT2D eigenvalue weighted by Crippen LogP contribution is -2.56. The largest absolute Gasteiger partial charge is 0.465 e. The van der Waals surface area contributed by atoms with Gasteiger partial charge in [-0.15, -0.1) is 0 Å². The summed E-state index contributed by atoms with van der Waals surface area (Å²) in [7, 11) is 0. The zero-order valence-corrected chi connectivity index (χ0v) is 24.1. The highest BCUT2D eigenvalue weighted by Crippen LogP contribution is 2.44. The number of benzene rings is 3. The molecular weight excluding hydrogens is 570 g/mol. The Morgan fingerprint density at radius 3 is 2.26 bits per heavy atom. The van der Waals surface area contributed by atoms with Crippen molar-refractivity contribution in [2.45, 2.75) is 24.8 Å². The molecule has 2 amide bonds. The molecule has 0 saturated carbocycles. The minimum Gasteiger partial charge on any atom is -0.465 e. The fraction of sp³-hybridized carbons (Fsp3) is 0.312. The van der Waals surface area contributed by atoms with Crippen LogP contribution in [0.4, 0.5) is 9.59 Å². The predicted molar refractivity (Wildman–Crippen MR) is 162 cm³/mol. The van der Waals surface area contributed by atoms with Crippen LogP contribution in [-0.4, -0.2) is 76.1 Å². The molecule has 1 aliphatic carbocycles. The van der Waals surface area contributed by atoms with Gasteiger partial charge in [0.1, 0.15) is 6.61 Å². The third kappa shape index (κ3) is 4.66. The number of hydrogen-bond acceptors (Lipinski definition) is 6. The van der Waals surface area contributed by atoms with Gasteiger partial charge in [-0.2, -0.15) is 0 Å². The number of nitrogens with zero attached hydrogens (tertiary/aromatic N) is 5. The average molecular weight is 600 g/mol. The fourth-order valence-corrected chi connectivity index (χ4v) is 6.96. The van der Waals surface area contributed by atoms with E-state index in [9.17, 15) is 19.5 Å². The van der Waals surface area contributed by atoms with E-state index in [1.807, 2.05) is 24.3 Å². The Kier molecular flexibility index (Phi) is 6.93. The number of carbonyl (C=O) groups is 2. The van der Waals surface area contributed by atoms with E-state index in [1.165, 1.54) is 9.58 Å². The summed E-state index contributed by atoms with van der Waals surface area (Å²) in [6.45, 7) is 1.74. The van der Waals surface area contributed by atoms with Gasteiger partial charge >= 0.3 is 12.2 Å². The highest BCUT2D eigenvalue weighted by atomic mass is 35.5. The first-order chi connectivity index (χ1) is 20.9. The van der Waals surface area contributed by atoms with Crippen molar-refractivity contribution in [3.8, 4) is 11.1 Å². The first kappa shape index (κ1) is 27.3. The minimum atomic E-state index is -0.996. The Labute approximate surface area is 252 Å². The van der Waals surface area contributed by atoms with Gasteiger partial charge in [-0.1, -0.05) is 66.2 Å². The molecule has 0 spiro atoms. The standard InChI is InChI=1S/C32H30ClN5O5/c33-25-11-5-12-26-28(25)30(39)38(36-17-15-35(16-18-36)31(40)41)29(34-26)27-13-6-14-37(27)32(42)43-19-24-22-9-3-1-7-20(22)21-8-2-4-10-23(21)24/h1-5,7-12,24,27H,6,13-19H2,(H,40,41). The Balaban J connectivity index is 1.20. The molecule has 43 heavy (non-hydrogen) atoms. The van der Waals surface area contributed by atoms with Crippen molar-refractivity contribution in [3.05, 3.63) is 99.1 Å². The molecule has 1 atom stereocenters. The van der Waals surface area contributed by atoms with Crippen LogP contribution in [0.2, 0.25) is 5.02 Å². The van der Waals surface area contributed by atoms with Gasteiger partial charge in [0.05, 0.1) is 35.1 Å². The van der Waals surface area contributed by atoms with E-state index in [2.05, 4.69) is 24.3 Å². The van der Waals surface area contributed by atoms with Crippen LogP contribution in [0.15, 0.2) is 71.5 Å². The van der Waals surface area contributed by atoms with Crippen molar-refractivity contribution in [1.82, 2.24) is 19.5 Å². The summed E-state index contributed by atoms with van der Waals surface area (Å²) >= 11 is 6.46.